The monoisotopic (exact) mass is 664 g/mol. The van der Waals surface area contributed by atoms with Gasteiger partial charge in [0.25, 0.3) is 0 Å². The van der Waals surface area contributed by atoms with Gasteiger partial charge in [-0.2, -0.15) is 9.61 Å². The number of phosphoric acid groups is 1. The van der Waals surface area contributed by atoms with Crippen molar-refractivity contribution in [2.24, 2.45) is 0 Å². The second-order valence-electron chi connectivity index (χ2n) is 9.67. The highest BCUT2D eigenvalue weighted by Crippen LogP contribution is 2.62. The summed E-state index contributed by atoms with van der Waals surface area (Å²) in [7, 11) is -2.11. The first-order chi connectivity index (χ1) is 19.6. The molecule has 2 aromatic rings. The first kappa shape index (κ1) is 33.5. The van der Waals surface area contributed by atoms with Crippen LogP contribution in [0.15, 0.2) is 12.5 Å². The van der Waals surface area contributed by atoms with E-state index in [1.807, 2.05) is 0 Å². The topological polar surface area (TPSA) is 277 Å². The second kappa shape index (κ2) is 12.9. The van der Waals surface area contributed by atoms with Gasteiger partial charge >= 0.3 is 14.5 Å². The molecule has 0 radical (unpaired) electrons. The number of phosphoric ester groups is 1. The number of ether oxygens (including phenoxy) is 2. The Morgan fingerprint density at radius 3 is 2.50 bits per heavy atom. The zero-order valence-electron chi connectivity index (χ0n) is 21.9. The van der Waals surface area contributed by atoms with Crippen LogP contribution in [0.1, 0.15) is 11.7 Å². The molecule has 2 aliphatic heterocycles. The van der Waals surface area contributed by atoms with E-state index < -0.39 is 89.0 Å². The summed E-state index contributed by atoms with van der Waals surface area (Å²) in [6.45, 7) is -6.43. The minimum Gasteiger partial charge on any atom is -0.393 e. The molecule has 0 bridgehead atoms. The van der Waals surface area contributed by atoms with Gasteiger partial charge in [0.1, 0.15) is 49.1 Å². The summed E-state index contributed by atoms with van der Waals surface area (Å²) in [6.07, 6.45) is -13.4. The highest BCUT2D eigenvalue weighted by molar-refractivity contribution is 8.08. The lowest BCUT2D eigenvalue weighted by molar-refractivity contribution is -0.287. The molecule has 42 heavy (non-hydrogen) atoms. The first-order valence-electron chi connectivity index (χ1n) is 12.2. The number of nitrogens with zero attached hydrogens (tertiary/aromatic N) is 5. The van der Waals surface area contributed by atoms with E-state index in [9.17, 15) is 39.2 Å². The van der Waals surface area contributed by atoms with E-state index in [0.29, 0.717) is 11.2 Å². The molecule has 4 rings (SSSR count). The van der Waals surface area contributed by atoms with E-state index in [0.717, 1.165) is 0 Å². The maximum atomic E-state index is 13.9. The lowest BCUT2D eigenvalue weighted by Crippen LogP contribution is -2.60. The summed E-state index contributed by atoms with van der Waals surface area (Å²) in [5.74, 6) is 0.0603. The highest BCUT2D eigenvalue weighted by atomic mass is 32.5. The van der Waals surface area contributed by atoms with Gasteiger partial charge in [0.2, 0.25) is 5.95 Å². The second-order valence-corrected chi connectivity index (χ2v) is 14.0. The molecule has 19 nitrogen and oxygen atoms in total. The number of aliphatic hydroxyl groups is 5. The van der Waals surface area contributed by atoms with E-state index >= 15 is 0 Å². The number of anilines is 1. The molecule has 7 unspecified atom stereocenters. The van der Waals surface area contributed by atoms with Crippen LogP contribution < -0.4 is 5.73 Å². The minimum absolute atomic E-state index is 0.0603. The molecule has 12 atom stereocenters. The van der Waals surface area contributed by atoms with Crippen LogP contribution >= 0.6 is 14.5 Å². The maximum Gasteiger partial charge on any atom is 0.481 e. The SMILES string of the molecule is CN(C)[C@@H]1[C@H](O)[C@@H](COP(O)(=S)OP(=O)(O)OC2OC([C@@H](F)CO)C(O)C(O)C2O)O[C@H]1c1cnn2c(N)ncnc12. The lowest BCUT2D eigenvalue weighted by atomic mass is 9.96. The van der Waals surface area contributed by atoms with Gasteiger partial charge in [-0.3, -0.25) is 4.52 Å². The fourth-order valence-corrected chi connectivity index (χ4v) is 7.70. The zero-order valence-corrected chi connectivity index (χ0v) is 24.5. The Hall–Kier alpha value is -1.36. The number of nitrogens with two attached hydrogens (primary N) is 1. The van der Waals surface area contributed by atoms with Crippen molar-refractivity contribution >= 4 is 37.9 Å². The molecule has 4 heterocycles. The Kier molecular flexibility index (Phi) is 10.3. The molecule has 0 spiro atoms. The fraction of sp³-hybridized carbons (Fsp3) is 0.737. The number of rotatable bonds is 11. The molecule has 0 aliphatic carbocycles. The average molecular weight is 664 g/mol. The molecule has 2 saturated heterocycles. The molecule has 0 aromatic carbocycles. The molecule has 2 aromatic heterocycles. The van der Waals surface area contributed by atoms with E-state index in [2.05, 4.69) is 23.9 Å². The van der Waals surface area contributed by atoms with E-state index in [1.165, 1.54) is 17.0 Å². The Morgan fingerprint density at radius 1 is 1.17 bits per heavy atom. The standard InChI is InChI=1S/C19H31FN6O13P2S/c1-25(2)10-11(28)9(36-15(10)7-3-24-26-17(7)22-6-23-19(26)21)5-35-41(34,42)39-40(32,33)38-18-14(31)12(29)13(30)16(37-18)8(20)4-27/h3,6,8-16,18,27-31H,4-5H2,1-2H3,(H,32,33)(H,34,42)(H2,21,22,23)/t8-,9+,10+,11+,12?,13?,14?,15-,16?,18?,41?/m0/s1. The normalized spacial score (nSPS) is 35.7. The van der Waals surface area contributed by atoms with Crippen molar-refractivity contribution in [3.05, 3.63) is 18.1 Å². The quantitative estimate of drug-likeness (QED) is 0.111. The van der Waals surface area contributed by atoms with Gasteiger partial charge in [-0.15, -0.1) is 0 Å². The van der Waals surface area contributed by atoms with Gasteiger partial charge in [0.05, 0.1) is 25.5 Å². The summed E-state index contributed by atoms with van der Waals surface area (Å²) in [5.41, 5.74) is 6.58. The van der Waals surface area contributed by atoms with Crippen molar-refractivity contribution in [2.75, 3.05) is 33.0 Å². The van der Waals surface area contributed by atoms with Crippen molar-refractivity contribution < 1.29 is 67.1 Å². The number of fused-ring (bicyclic) bond motifs is 1. The number of nitrogen functional groups attached to an aromatic ring is 1. The molecule has 2 aliphatic rings. The number of hydrogen-bond acceptors (Lipinski definition) is 17. The molecule has 0 amide bonds. The minimum atomic E-state index is -5.46. The lowest BCUT2D eigenvalue weighted by Gasteiger charge is -2.41. The summed E-state index contributed by atoms with van der Waals surface area (Å²) < 4.78 is 53.0. The smallest absolute Gasteiger partial charge is 0.393 e. The largest absolute Gasteiger partial charge is 0.481 e. The van der Waals surface area contributed by atoms with Crippen LogP contribution in [0.25, 0.3) is 5.65 Å². The number of halogens is 1. The average Bonchev–Trinajstić information content (AvgIpc) is 3.48. The maximum absolute atomic E-state index is 13.9. The summed E-state index contributed by atoms with van der Waals surface area (Å²) in [4.78, 5) is 30.3. The van der Waals surface area contributed by atoms with Crippen molar-refractivity contribution in [1.82, 2.24) is 24.5 Å². The third-order valence-electron chi connectivity index (χ3n) is 6.61. The Balaban J connectivity index is 1.42. The molecular weight excluding hydrogens is 633 g/mol. The summed E-state index contributed by atoms with van der Waals surface area (Å²) in [5, 5.41) is 54.0. The van der Waals surface area contributed by atoms with Gasteiger partial charge < -0.3 is 60.0 Å². The zero-order chi connectivity index (χ0) is 31.1. The Labute approximate surface area is 242 Å². The van der Waals surface area contributed by atoms with Gasteiger partial charge in [-0.25, -0.2) is 23.2 Å². The van der Waals surface area contributed by atoms with Crippen LogP contribution in [-0.2, 0) is 39.2 Å². The molecule has 23 heteroatoms. The van der Waals surface area contributed by atoms with Gasteiger partial charge in [-0.05, 0) is 25.9 Å². The Morgan fingerprint density at radius 2 is 1.86 bits per heavy atom. The third kappa shape index (κ3) is 6.97. The predicted molar refractivity (Wildman–Crippen MR) is 139 cm³/mol. The number of aliphatic hydroxyl groups excluding tert-OH is 5. The predicted octanol–water partition coefficient (Wildman–Crippen LogP) is -3.06. The van der Waals surface area contributed by atoms with Crippen LogP contribution in [0, 0.1) is 0 Å². The van der Waals surface area contributed by atoms with Crippen LogP contribution in [0.2, 0.25) is 0 Å². The number of likely N-dealkylation sites (N-methyl/N-ethyl adjacent to an activating group) is 1. The Bertz CT molecular complexity index is 1350. The first-order valence-corrected chi connectivity index (χ1v) is 16.2. The number of aromatic nitrogens is 4. The van der Waals surface area contributed by atoms with Crippen LogP contribution in [0.4, 0.5) is 10.3 Å². The third-order valence-corrected chi connectivity index (χ3v) is 10.1. The fourth-order valence-electron chi connectivity index (χ4n) is 4.60. The molecular formula is C19H31FN6O13P2S. The van der Waals surface area contributed by atoms with Gasteiger partial charge in [-0.1, -0.05) is 0 Å². The summed E-state index contributed by atoms with van der Waals surface area (Å²) in [6, 6.07) is -0.689. The van der Waals surface area contributed by atoms with Crippen LogP contribution in [-0.4, -0.2) is 142 Å². The van der Waals surface area contributed by atoms with Crippen molar-refractivity contribution in [3.63, 3.8) is 0 Å². The van der Waals surface area contributed by atoms with E-state index in [-0.39, 0.29) is 5.95 Å². The van der Waals surface area contributed by atoms with E-state index in [4.69, 9.17) is 36.6 Å². The molecule has 238 valence electrons. The van der Waals surface area contributed by atoms with Crippen molar-refractivity contribution in [1.29, 1.82) is 0 Å². The highest BCUT2D eigenvalue weighted by Gasteiger charge is 2.51. The molecule has 0 saturated carbocycles. The van der Waals surface area contributed by atoms with Crippen LogP contribution in [0.5, 0.6) is 0 Å². The molecule has 9 N–H and O–H groups in total. The number of hydrogen-bond donors (Lipinski definition) is 8. The molecule has 2 fully saturated rings. The van der Waals surface area contributed by atoms with Gasteiger partial charge in [0.15, 0.2) is 18.1 Å². The van der Waals surface area contributed by atoms with Gasteiger partial charge in [0, 0.05) is 5.56 Å². The number of alkyl halides is 1. The van der Waals surface area contributed by atoms with Crippen molar-refractivity contribution in [3.8, 4) is 0 Å². The van der Waals surface area contributed by atoms with Crippen LogP contribution in [0.3, 0.4) is 0 Å². The summed E-state index contributed by atoms with van der Waals surface area (Å²) >= 11 is 4.79. The van der Waals surface area contributed by atoms with E-state index in [1.54, 1.807) is 19.0 Å². The van der Waals surface area contributed by atoms with Crippen molar-refractivity contribution in [2.45, 2.75) is 61.2 Å².